The van der Waals surface area contributed by atoms with E-state index in [1.165, 1.54) is 5.56 Å². The highest BCUT2D eigenvalue weighted by atomic mass is 16.5. The lowest BCUT2D eigenvalue weighted by Gasteiger charge is -2.23. The highest BCUT2D eigenvalue weighted by molar-refractivity contribution is 5.66. The summed E-state index contributed by atoms with van der Waals surface area (Å²) in [6, 6.07) is 6.00. The SMILES string of the molecule is C=CCNC(Oc1cccc2c1C=CC2)C(C)O. The molecule has 0 aliphatic heterocycles. The number of benzene rings is 1. The Morgan fingerprint density at radius 3 is 3.11 bits per heavy atom. The standard InChI is InChI=1S/C15H19NO2/c1-3-10-16-15(11(2)17)18-14-9-5-7-12-6-4-8-13(12)14/h3-5,7-9,11,15-17H,1,6,10H2,2H3. The Kier molecular flexibility index (Phi) is 4.18. The van der Waals surface area contributed by atoms with Crippen LogP contribution < -0.4 is 10.1 Å². The van der Waals surface area contributed by atoms with Gasteiger partial charge in [-0.3, -0.25) is 5.32 Å². The van der Waals surface area contributed by atoms with Crippen LogP contribution in [0.2, 0.25) is 0 Å². The Morgan fingerprint density at radius 1 is 1.56 bits per heavy atom. The summed E-state index contributed by atoms with van der Waals surface area (Å²) in [4.78, 5) is 0. The molecular weight excluding hydrogens is 226 g/mol. The third kappa shape index (κ3) is 2.81. The van der Waals surface area contributed by atoms with Crippen LogP contribution in [-0.2, 0) is 6.42 Å². The van der Waals surface area contributed by atoms with Crippen molar-refractivity contribution < 1.29 is 9.84 Å². The van der Waals surface area contributed by atoms with Crippen LogP contribution in [0, 0.1) is 0 Å². The zero-order chi connectivity index (χ0) is 13.0. The van der Waals surface area contributed by atoms with E-state index < -0.39 is 12.3 Å². The van der Waals surface area contributed by atoms with Crippen LogP contribution in [0.1, 0.15) is 18.1 Å². The summed E-state index contributed by atoms with van der Waals surface area (Å²) in [7, 11) is 0. The largest absolute Gasteiger partial charge is 0.472 e. The normalized spacial score (nSPS) is 16.1. The van der Waals surface area contributed by atoms with Crippen LogP contribution in [0.3, 0.4) is 0 Å². The van der Waals surface area contributed by atoms with E-state index in [1.807, 2.05) is 12.1 Å². The molecule has 2 atom stereocenters. The molecule has 18 heavy (non-hydrogen) atoms. The van der Waals surface area contributed by atoms with Crippen molar-refractivity contribution in [3.63, 3.8) is 0 Å². The predicted molar refractivity (Wildman–Crippen MR) is 73.5 cm³/mol. The van der Waals surface area contributed by atoms with Crippen molar-refractivity contribution in [2.75, 3.05) is 6.54 Å². The summed E-state index contributed by atoms with van der Waals surface area (Å²) in [5, 5.41) is 12.8. The van der Waals surface area contributed by atoms with Crippen LogP contribution in [-0.4, -0.2) is 24.0 Å². The Bertz CT molecular complexity index is 452. The first-order valence-electron chi connectivity index (χ1n) is 6.20. The summed E-state index contributed by atoms with van der Waals surface area (Å²) in [5.41, 5.74) is 2.38. The molecule has 96 valence electrons. The van der Waals surface area contributed by atoms with Gasteiger partial charge < -0.3 is 9.84 Å². The van der Waals surface area contributed by atoms with Gasteiger partial charge in [0.15, 0.2) is 6.23 Å². The molecule has 0 aromatic heterocycles. The molecule has 0 spiro atoms. The summed E-state index contributed by atoms with van der Waals surface area (Å²) in [6.07, 6.45) is 5.86. The lowest BCUT2D eigenvalue weighted by atomic mass is 10.1. The minimum atomic E-state index is -0.591. The molecule has 3 nitrogen and oxygen atoms in total. The van der Waals surface area contributed by atoms with E-state index >= 15 is 0 Å². The van der Waals surface area contributed by atoms with Crippen molar-refractivity contribution in [1.82, 2.24) is 5.32 Å². The fourth-order valence-corrected chi connectivity index (χ4v) is 2.01. The molecule has 1 aromatic rings. The molecule has 1 aliphatic carbocycles. The first kappa shape index (κ1) is 12.9. The number of nitrogens with one attached hydrogen (secondary N) is 1. The van der Waals surface area contributed by atoms with Crippen molar-refractivity contribution in [2.45, 2.75) is 25.7 Å². The molecule has 3 heteroatoms. The molecule has 0 saturated carbocycles. The van der Waals surface area contributed by atoms with Gasteiger partial charge in [0.2, 0.25) is 0 Å². The Balaban J connectivity index is 2.14. The number of allylic oxidation sites excluding steroid dienone is 1. The minimum absolute atomic E-state index is 0.427. The molecule has 2 rings (SSSR count). The highest BCUT2D eigenvalue weighted by Gasteiger charge is 2.18. The summed E-state index contributed by atoms with van der Waals surface area (Å²) >= 11 is 0. The van der Waals surface area contributed by atoms with E-state index in [1.54, 1.807) is 13.0 Å². The maximum Gasteiger partial charge on any atom is 0.176 e. The maximum absolute atomic E-state index is 9.71. The smallest absolute Gasteiger partial charge is 0.176 e. The van der Waals surface area contributed by atoms with E-state index in [-0.39, 0.29) is 0 Å². The van der Waals surface area contributed by atoms with Crippen LogP contribution in [0.4, 0.5) is 0 Å². The molecule has 1 aliphatic rings. The number of aliphatic hydroxyl groups excluding tert-OH is 1. The van der Waals surface area contributed by atoms with Crippen LogP contribution in [0.15, 0.2) is 36.9 Å². The lowest BCUT2D eigenvalue weighted by Crippen LogP contribution is -2.43. The number of aliphatic hydroxyl groups is 1. The van der Waals surface area contributed by atoms with Gasteiger partial charge >= 0.3 is 0 Å². The van der Waals surface area contributed by atoms with E-state index in [4.69, 9.17) is 4.74 Å². The van der Waals surface area contributed by atoms with Gasteiger partial charge in [-0.15, -0.1) is 6.58 Å². The second-order valence-corrected chi connectivity index (χ2v) is 4.41. The second kappa shape index (κ2) is 5.85. The van der Waals surface area contributed by atoms with Crippen molar-refractivity contribution in [2.24, 2.45) is 0 Å². The number of ether oxygens (including phenoxy) is 1. The Morgan fingerprint density at radius 2 is 2.39 bits per heavy atom. The van der Waals surface area contributed by atoms with E-state index in [9.17, 15) is 5.11 Å². The zero-order valence-electron chi connectivity index (χ0n) is 10.6. The fraction of sp³-hybridized carbons (Fsp3) is 0.333. The maximum atomic E-state index is 9.71. The molecule has 1 aromatic carbocycles. The molecule has 0 saturated heterocycles. The molecule has 0 bridgehead atoms. The zero-order valence-corrected chi connectivity index (χ0v) is 10.6. The summed E-state index contributed by atoms with van der Waals surface area (Å²) in [5.74, 6) is 0.809. The Hall–Kier alpha value is -1.58. The van der Waals surface area contributed by atoms with Crippen molar-refractivity contribution in [3.05, 3.63) is 48.1 Å². The third-order valence-corrected chi connectivity index (χ3v) is 2.93. The molecule has 0 heterocycles. The average Bonchev–Trinajstić information content (AvgIpc) is 2.83. The van der Waals surface area contributed by atoms with E-state index in [0.717, 1.165) is 17.7 Å². The monoisotopic (exact) mass is 245 g/mol. The first-order chi connectivity index (χ1) is 8.72. The fourth-order valence-electron chi connectivity index (χ4n) is 2.01. The van der Waals surface area contributed by atoms with Gasteiger partial charge in [-0.05, 0) is 25.0 Å². The van der Waals surface area contributed by atoms with Crippen molar-refractivity contribution in [3.8, 4) is 5.75 Å². The summed E-state index contributed by atoms with van der Waals surface area (Å²) in [6.45, 7) is 5.95. The quantitative estimate of drug-likeness (QED) is 0.596. The van der Waals surface area contributed by atoms with Crippen LogP contribution in [0.5, 0.6) is 5.75 Å². The minimum Gasteiger partial charge on any atom is -0.472 e. The number of rotatable bonds is 6. The van der Waals surface area contributed by atoms with Gasteiger partial charge in [-0.25, -0.2) is 0 Å². The molecule has 0 fully saturated rings. The molecule has 2 unspecified atom stereocenters. The van der Waals surface area contributed by atoms with Crippen molar-refractivity contribution >= 4 is 6.08 Å². The number of hydrogen-bond acceptors (Lipinski definition) is 3. The number of hydrogen-bond donors (Lipinski definition) is 2. The van der Waals surface area contributed by atoms with Gasteiger partial charge in [-0.1, -0.05) is 30.4 Å². The van der Waals surface area contributed by atoms with Gasteiger partial charge in [0.05, 0.1) is 0 Å². The molecule has 2 N–H and O–H groups in total. The lowest BCUT2D eigenvalue weighted by molar-refractivity contribution is 0.0292. The van der Waals surface area contributed by atoms with Crippen molar-refractivity contribution in [1.29, 1.82) is 0 Å². The predicted octanol–water partition coefficient (Wildman–Crippen LogP) is 2.12. The first-order valence-corrected chi connectivity index (χ1v) is 6.20. The van der Waals surface area contributed by atoms with Gasteiger partial charge in [0.25, 0.3) is 0 Å². The Labute approximate surface area is 108 Å². The van der Waals surface area contributed by atoms with E-state index in [0.29, 0.717) is 6.54 Å². The van der Waals surface area contributed by atoms with Gasteiger partial charge in [0.1, 0.15) is 11.9 Å². The van der Waals surface area contributed by atoms with Crippen LogP contribution in [0.25, 0.3) is 6.08 Å². The highest BCUT2D eigenvalue weighted by Crippen LogP contribution is 2.29. The average molecular weight is 245 g/mol. The number of fused-ring (bicyclic) bond motifs is 1. The molecule has 0 amide bonds. The van der Waals surface area contributed by atoms with E-state index in [2.05, 4.69) is 30.1 Å². The second-order valence-electron chi connectivity index (χ2n) is 4.41. The molecule has 0 radical (unpaired) electrons. The topological polar surface area (TPSA) is 41.5 Å². The van der Waals surface area contributed by atoms with Gasteiger partial charge in [0, 0.05) is 12.1 Å². The summed E-state index contributed by atoms with van der Waals surface area (Å²) < 4.78 is 5.86. The molecular formula is C15H19NO2. The van der Waals surface area contributed by atoms with Crippen LogP contribution >= 0.6 is 0 Å². The third-order valence-electron chi connectivity index (χ3n) is 2.93. The van der Waals surface area contributed by atoms with Gasteiger partial charge in [-0.2, -0.15) is 0 Å².